The first-order chi connectivity index (χ1) is 19.6. The topological polar surface area (TPSA) is 36.9 Å². The number of hydrogen-bond acceptors (Lipinski definition) is 4. The summed E-state index contributed by atoms with van der Waals surface area (Å²) in [5, 5.41) is 0. The van der Waals surface area contributed by atoms with Crippen molar-refractivity contribution in [3.63, 3.8) is 0 Å². The Morgan fingerprint density at radius 2 is 1.02 bits per heavy atom. The van der Waals surface area contributed by atoms with Gasteiger partial charge < -0.3 is 14.4 Å². The normalized spacial score (nSPS) is 19.6. The lowest BCUT2D eigenvalue weighted by Gasteiger charge is -2.30. The van der Waals surface area contributed by atoms with Crippen LogP contribution in [0.4, 0.5) is 0 Å². The molecule has 0 radical (unpaired) electrons. The van der Waals surface area contributed by atoms with E-state index in [0.717, 1.165) is 42.1 Å². The molecule has 0 heterocycles. The second-order valence-electron chi connectivity index (χ2n) is 13.0. The van der Waals surface area contributed by atoms with Crippen molar-refractivity contribution in [2.45, 2.75) is 69.8 Å². The standard InChI is InChI=1S/C37H40O4/c1-35(2)23-37(33-20-27(11-17-31(33)35)19-25-7-12-28(38-5)13-8-25)24-36(3,4)32-18-16-30(21-34(32)37)41-40-22-26-9-14-29(39-6)15-10-26/h7-18,20-21H,19,22-24H2,1-6H3. The Morgan fingerprint density at radius 3 is 1.61 bits per heavy atom. The maximum atomic E-state index is 5.88. The van der Waals surface area contributed by atoms with Crippen LogP contribution in [-0.4, -0.2) is 14.2 Å². The number of fused-ring (bicyclic) bond motifs is 4. The highest BCUT2D eigenvalue weighted by Gasteiger charge is 2.56. The van der Waals surface area contributed by atoms with Crippen molar-refractivity contribution in [2.75, 3.05) is 14.2 Å². The lowest BCUT2D eigenvalue weighted by atomic mass is 9.72. The molecule has 4 nitrogen and oxygen atoms in total. The van der Waals surface area contributed by atoms with E-state index in [-0.39, 0.29) is 16.2 Å². The summed E-state index contributed by atoms with van der Waals surface area (Å²) < 4.78 is 10.6. The van der Waals surface area contributed by atoms with Crippen molar-refractivity contribution in [2.24, 2.45) is 0 Å². The van der Waals surface area contributed by atoms with Gasteiger partial charge in [0.25, 0.3) is 0 Å². The molecular formula is C37H40O4. The van der Waals surface area contributed by atoms with Gasteiger partial charge in [-0.1, -0.05) is 76.2 Å². The summed E-state index contributed by atoms with van der Waals surface area (Å²) in [7, 11) is 3.38. The molecular weight excluding hydrogens is 508 g/mol. The zero-order valence-electron chi connectivity index (χ0n) is 25.0. The van der Waals surface area contributed by atoms with Gasteiger partial charge in [-0.3, -0.25) is 0 Å². The van der Waals surface area contributed by atoms with Crippen LogP contribution in [0, 0.1) is 0 Å². The van der Waals surface area contributed by atoms with Crippen LogP contribution in [0.5, 0.6) is 17.2 Å². The first-order valence-electron chi connectivity index (χ1n) is 14.5. The van der Waals surface area contributed by atoms with Crippen LogP contribution in [0.15, 0.2) is 84.9 Å². The van der Waals surface area contributed by atoms with E-state index in [1.165, 1.54) is 33.4 Å². The first-order valence-corrected chi connectivity index (χ1v) is 14.5. The molecule has 2 aliphatic carbocycles. The molecule has 0 saturated heterocycles. The van der Waals surface area contributed by atoms with Crippen molar-refractivity contribution in [3.8, 4) is 17.2 Å². The van der Waals surface area contributed by atoms with Gasteiger partial charge in [0.15, 0.2) is 5.75 Å². The fourth-order valence-corrected chi connectivity index (χ4v) is 7.40. The van der Waals surface area contributed by atoms with Crippen LogP contribution in [0.3, 0.4) is 0 Å². The van der Waals surface area contributed by atoms with E-state index in [1.807, 2.05) is 36.4 Å². The Bertz CT molecular complexity index is 1550. The molecule has 0 bridgehead atoms. The first kappa shape index (κ1) is 27.4. The maximum absolute atomic E-state index is 5.88. The lowest BCUT2D eigenvalue weighted by Crippen LogP contribution is -2.27. The van der Waals surface area contributed by atoms with Crippen molar-refractivity contribution in [1.29, 1.82) is 0 Å². The van der Waals surface area contributed by atoms with E-state index in [4.69, 9.17) is 19.2 Å². The maximum Gasteiger partial charge on any atom is 0.165 e. The van der Waals surface area contributed by atoms with Crippen molar-refractivity contribution in [1.82, 2.24) is 0 Å². The van der Waals surface area contributed by atoms with Crippen molar-refractivity contribution in [3.05, 3.63) is 124 Å². The molecule has 41 heavy (non-hydrogen) atoms. The van der Waals surface area contributed by atoms with Crippen LogP contribution in [0.2, 0.25) is 0 Å². The average Bonchev–Trinajstić information content (AvgIpc) is 3.33. The third-order valence-electron chi connectivity index (χ3n) is 9.16. The molecule has 4 heteroatoms. The van der Waals surface area contributed by atoms with Gasteiger partial charge in [-0.2, -0.15) is 4.89 Å². The Hall–Kier alpha value is -3.76. The molecule has 1 atom stereocenters. The molecule has 0 aliphatic heterocycles. The van der Waals surface area contributed by atoms with Gasteiger partial charge in [0.1, 0.15) is 18.1 Å². The number of rotatable bonds is 8. The zero-order chi connectivity index (χ0) is 28.8. The Kier molecular flexibility index (Phi) is 6.86. The summed E-state index contributed by atoms with van der Waals surface area (Å²) in [5.41, 5.74) is 9.43. The highest BCUT2D eigenvalue weighted by Crippen LogP contribution is 2.63. The number of ether oxygens (including phenoxy) is 2. The molecule has 0 saturated carbocycles. The van der Waals surface area contributed by atoms with Gasteiger partial charge in [0.05, 0.1) is 14.2 Å². The van der Waals surface area contributed by atoms with E-state index in [1.54, 1.807) is 14.2 Å². The molecule has 0 fully saturated rings. The van der Waals surface area contributed by atoms with Gasteiger partial charge in [-0.25, -0.2) is 0 Å². The minimum absolute atomic E-state index is 0.0570. The molecule has 0 N–H and O–H groups in total. The predicted octanol–water partition coefficient (Wildman–Crippen LogP) is 8.45. The fraction of sp³-hybridized carbons (Fsp3) is 0.351. The van der Waals surface area contributed by atoms with Crippen molar-refractivity contribution < 1.29 is 19.2 Å². The van der Waals surface area contributed by atoms with Crippen LogP contribution in [0.1, 0.15) is 79.5 Å². The van der Waals surface area contributed by atoms with Crippen molar-refractivity contribution >= 4 is 0 Å². The third kappa shape index (κ3) is 4.99. The highest BCUT2D eigenvalue weighted by molar-refractivity contribution is 5.61. The molecule has 212 valence electrons. The van der Waals surface area contributed by atoms with E-state index >= 15 is 0 Å². The van der Waals surface area contributed by atoms with Gasteiger partial charge in [-0.05, 0) is 105 Å². The SMILES string of the molecule is COc1ccc(COOc2ccc3c(c2)C2(CC(C)(C)c4ccc(Cc5ccc(OC)cc5)cc42)CC3(C)C)cc1. The molecule has 0 aromatic heterocycles. The number of benzene rings is 4. The second-order valence-corrected chi connectivity index (χ2v) is 13.0. The van der Waals surface area contributed by atoms with Crippen LogP contribution >= 0.6 is 0 Å². The smallest absolute Gasteiger partial charge is 0.165 e. The van der Waals surface area contributed by atoms with Crippen LogP contribution < -0.4 is 14.4 Å². The van der Waals surface area contributed by atoms with Crippen LogP contribution in [0.25, 0.3) is 0 Å². The van der Waals surface area contributed by atoms with Gasteiger partial charge >= 0.3 is 0 Å². The molecule has 4 aromatic carbocycles. The van der Waals surface area contributed by atoms with E-state index in [9.17, 15) is 0 Å². The fourth-order valence-electron chi connectivity index (χ4n) is 7.40. The highest BCUT2D eigenvalue weighted by atomic mass is 17.2. The average molecular weight is 549 g/mol. The third-order valence-corrected chi connectivity index (χ3v) is 9.16. The minimum atomic E-state index is -0.0665. The minimum Gasteiger partial charge on any atom is -0.497 e. The predicted molar refractivity (Wildman–Crippen MR) is 163 cm³/mol. The Labute approximate surface area is 244 Å². The quantitative estimate of drug-likeness (QED) is 0.164. The Morgan fingerprint density at radius 1 is 0.537 bits per heavy atom. The van der Waals surface area contributed by atoms with Gasteiger partial charge in [-0.15, -0.1) is 0 Å². The monoisotopic (exact) mass is 548 g/mol. The van der Waals surface area contributed by atoms with E-state index in [2.05, 4.69) is 76.2 Å². The van der Waals surface area contributed by atoms with Gasteiger partial charge in [0.2, 0.25) is 0 Å². The largest absolute Gasteiger partial charge is 0.497 e. The van der Waals surface area contributed by atoms with Crippen LogP contribution in [-0.2, 0) is 34.2 Å². The Balaban J connectivity index is 1.32. The molecule has 4 aromatic rings. The molecule has 1 unspecified atom stereocenters. The number of hydrogen-bond donors (Lipinski definition) is 0. The van der Waals surface area contributed by atoms with E-state index < -0.39 is 0 Å². The zero-order valence-corrected chi connectivity index (χ0v) is 25.0. The van der Waals surface area contributed by atoms with Gasteiger partial charge in [0, 0.05) is 5.41 Å². The molecule has 6 rings (SSSR count). The summed E-state index contributed by atoms with van der Waals surface area (Å²) in [6, 6.07) is 30.0. The summed E-state index contributed by atoms with van der Waals surface area (Å²) >= 11 is 0. The number of methoxy groups -OCH3 is 2. The molecule has 0 amide bonds. The summed E-state index contributed by atoms with van der Waals surface area (Å²) in [5.74, 6) is 2.46. The summed E-state index contributed by atoms with van der Waals surface area (Å²) in [6.45, 7) is 9.92. The molecule has 1 spiro atoms. The molecule has 2 aliphatic rings. The summed E-state index contributed by atoms with van der Waals surface area (Å²) in [6.07, 6.45) is 3.05. The van der Waals surface area contributed by atoms with E-state index in [0.29, 0.717) is 6.61 Å². The second kappa shape index (κ2) is 10.3. The lowest BCUT2D eigenvalue weighted by molar-refractivity contribution is -0.217. The summed E-state index contributed by atoms with van der Waals surface area (Å²) in [4.78, 5) is 11.6.